The predicted octanol–water partition coefficient (Wildman–Crippen LogP) is 0.301. The van der Waals surface area contributed by atoms with Crippen LogP contribution < -0.4 is 5.73 Å². The minimum atomic E-state index is -1.64. The molecular weight excluding hydrogens is 284 g/mol. The number of amides is 2. The Morgan fingerprint density at radius 2 is 2.00 bits per heavy atom. The summed E-state index contributed by atoms with van der Waals surface area (Å²) in [5.41, 5.74) is 4.16. The first kappa shape index (κ1) is 16.5. The molecule has 1 rings (SSSR count). The number of primary amides is 1. The summed E-state index contributed by atoms with van der Waals surface area (Å²) in [5.74, 6) is -1.50. The molecule has 0 aliphatic carbocycles. The van der Waals surface area contributed by atoms with Crippen molar-refractivity contribution in [1.29, 1.82) is 0 Å². The zero-order valence-electron chi connectivity index (χ0n) is 12.0. The van der Waals surface area contributed by atoms with Crippen LogP contribution in [-0.4, -0.2) is 48.0 Å². The van der Waals surface area contributed by atoms with Gasteiger partial charge in [-0.25, -0.2) is 0 Å². The van der Waals surface area contributed by atoms with E-state index in [0.29, 0.717) is 0 Å². The number of halogens is 1. The second-order valence-electron chi connectivity index (χ2n) is 6.67. The van der Waals surface area contributed by atoms with E-state index in [2.05, 4.69) is 0 Å². The van der Waals surface area contributed by atoms with Gasteiger partial charge in [0.05, 0.1) is 6.54 Å². The third kappa shape index (κ3) is 2.53. The van der Waals surface area contributed by atoms with E-state index in [1.165, 1.54) is 4.90 Å². The van der Waals surface area contributed by atoms with E-state index in [0.717, 1.165) is 0 Å². The molecule has 0 aromatic carbocycles. The maximum atomic E-state index is 12.5. The van der Waals surface area contributed by atoms with Crippen LogP contribution in [0, 0.1) is 11.3 Å². The summed E-state index contributed by atoms with van der Waals surface area (Å²) in [6, 6.07) is 0. The molecule has 0 bridgehead atoms. The summed E-state index contributed by atoms with van der Waals surface area (Å²) in [7, 11) is -0.468. The van der Waals surface area contributed by atoms with Gasteiger partial charge in [-0.2, -0.15) is 11.1 Å². The lowest BCUT2D eigenvalue weighted by Crippen LogP contribution is -2.53. The zero-order valence-corrected chi connectivity index (χ0v) is 13.7. The Morgan fingerprint density at radius 3 is 2.26 bits per heavy atom. The van der Waals surface area contributed by atoms with Crippen LogP contribution in [0.3, 0.4) is 0 Å². The second kappa shape index (κ2) is 4.75. The van der Waals surface area contributed by atoms with Crippen molar-refractivity contribution in [3.63, 3.8) is 0 Å². The number of likely N-dealkylation sites (tertiary alicyclic amines) is 1. The Bertz CT molecular complexity index is 408. The molecule has 0 saturated carbocycles. The van der Waals surface area contributed by atoms with Gasteiger partial charge in [0, 0.05) is 11.5 Å². The molecule has 108 valence electrons. The van der Waals surface area contributed by atoms with Crippen LogP contribution in [-0.2, 0) is 9.59 Å². The van der Waals surface area contributed by atoms with Crippen LogP contribution in [0.4, 0.5) is 0 Å². The number of nitrogens with two attached hydrogens (primary N) is 1. The van der Waals surface area contributed by atoms with E-state index in [9.17, 15) is 14.7 Å². The van der Waals surface area contributed by atoms with E-state index in [1.54, 1.807) is 0 Å². The Hall–Kier alpha value is -0.593. The van der Waals surface area contributed by atoms with Gasteiger partial charge in [-0.1, -0.05) is 20.8 Å². The maximum absolute atomic E-state index is 12.5. The first-order valence-electron chi connectivity index (χ1n) is 6.09. The molecule has 1 unspecified atom stereocenters. The summed E-state index contributed by atoms with van der Waals surface area (Å²) in [6.07, 6.45) is 0. The summed E-state index contributed by atoms with van der Waals surface area (Å²) in [4.78, 5) is 25.0. The summed E-state index contributed by atoms with van der Waals surface area (Å²) in [5, 5.41) is 9.08. The second-order valence-corrected chi connectivity index (χ2v) is 8.19. The largest absolute Gasteiger partial charge is 0.382 e. The van der Waals surface area contributed by atoms with E-state index >= 15 is 0 Å². The number of carbonyl (C=O) groups is 2. The van der Waals surface area contributed by atoms with E-state index in [4.69, 9.17) is 16.8 Å². The minimum absolute atomic E-state index is 0.206. The minimum Gasteiger partial charge on any atom is -0.382 e. The lowest BCUT2D eigenvalue weighted by Gasteiger charge is -2.43. The quantitative estimate of drug-likeness (QED) is 0.581. The predicted molar refractivity (Wildman–Crippen MR) is 74.5 cm³/mol. The summed E-state index contributed by atoms with van der Waals surface area (Å²) < 4.78 is 0. The smallest absolute Gasteiger partial charge is 0.253 e. The Balaban J connectivity index is 3.37. The van der Waals surface area contributed by atoms with Crippen LogP contribution in [0.15, 0.2) is 0 Å². The number of rotatable bonds is 3. The van der Waals surface area contributed by atoms with Gasteiger partial charge < -0.3 is 15.7 Å². The van der Waals surface area contributed by atoms with Crippen molar-refractivity contribution in [2.75, 3.05) is 6.54 Å². The van der Waals surface area contributed by atoms with Crippen LogP contribution in [0.25, 0.3) is 0 Å². The molecule has 3 N–H and O–H groups in total. The fraction of sp³-hybridized carbons (Fsp3) is 0.833. The molecule has 5 nitrogen and oxygen atoms in total. The molecule has 2 atom stereocenters. The molecule has 19 heavy (non-hydrogen) atoms. The maximum Gasteiger partial charge on any atom is 0.253 e. The number of nitrogens with zero attached hydrogens (tertiary/aromatic N) is 1. The SMILES string of the molecule is CC(C)(C)C1C(C)(C)N(CC(N)=O)C(=O)[C@@]1(O)[Si]Cl. The molecule has 1 saturated heterocycles. The van der Waals surface area contributed by atoms with E-state index in [-0.39, 0.29) is 12.0 Å². The molecule has 0 spiro atoms. The highest BCUT2D eigenvalue weighted by Gasteiger charge is 2.65. The van der Waals surface area contributed by atoms with Gasteiger partial charge in [-0.15, -0.1) is 0 Å². The van der Waals surface area contributed by atoms with Gasteiger partial charge in [-0.05, 0) is 19.3 Å². The van der Waals surface area contributed by atoms with Crippen LogP contribution in [0.2, 0.25) is 0 Å². The van der Waals surface area contributed by atoms with Gasteiger partial charge >= 0.3 is 0 Å². The molecule has 1 heterocycles. The topological polar surface area (TPSA) is 83.6 Å². The van der Waals surface area contributed by atoms with Crippen LogP contribution in [0.1, 0.15) is 34.6 Å². The molecule has 2 amide bonds. The fourth-order valence-corrected chi connectivity index (χ4v) is 5.15. The molecule has 0 aromatic heterocycles. The molecule has 1 aliphatic heterocycles. The van der Waals surface area contributed by atoms with Crippen LogP contribution >= 0.6 is 11.1 Å². The monoisotopic (exact) mass is 304 g/mol. The zero-order chi connectivity index (χ0) is 15.2. The average Bonchev–Trinajstić information content (AvgIpc) is 2.35. The number of hydrogen-bond acceptors (Lipinski definition) is 3. The van der Waals surface area contributed by atoms with Gasteiger partial charge in [-0.3, -0.25) is 9.59 Å². The van der Waals surface area contributed by atoms with Crippen molar-refractivity contribution < 1.29 is 14.7 Å². The lowest BCUT2D eigenvalue weighted by molar-refractivity contribution is -0.142. The average molecular weight is 305 g/mol. The molecule has 2 radical (unpaired) electrons. The normalized spacial score (nSPS) is 30.8. The highest BCUT2D eigenvalue weighted by atomic mass is 35.6. The molecule has 0 aromatic rings. The third-order valence-corrected chi connectivity index (χ3v) is 5.37. The van der Waals surface area contributed by atoms with Gasteiger partial charge in [0.25, 0.3) is 5.91 Å². The van der Waals surface area contributed by atoms with Crippen molar-refractivity contribution in [2.45, 2.75) is 45.4 Å². The van der Waals surface area contributed by atoms with Gasteiger partial charge in [0.1, 0.15) is 0 Å². The number of hydrogen-bond donors (Lipinski definition) is 2. The Labute approximate surface area is 121 Å². The van der Waals surface area contributed by atoms with Crippen molar-refractivity contribution in [3.8, 4) is 0 Å². The first-order valence-corrected chi connectivity index (χ1v) is 8.10. The van der Waals surface area contributed by atoms with E-state index < -0.39 is 37.3 Å². The van der Waals surface area contributed by atoms with Crippen molar-refractivity contribution in [3.05, 3.63) is 0 Å². The Kier molecular flexibility index (Phi) is 4.12. The molecule has 1 fully saturated rings. The highest BCUT2D eigenvalue weighted by Crippen LogP contribution is 2.50. The first-order chi connectivity index (χ1) is 8.39. The van der Waals surface area contributed by atoms with Crippen molar-refractivity contribution in [1.82, 2.24) is 4.90 Å². The Morgan fingerprint density at radius 1 is 1.53 bits per heavy atom. The standard InChI is InChI=1S/C12H21ClN2O3Si/c1-10(2,3)8-11(4,5)15(6-7(14)16)9(17)12(8,18)19-13/h8,18H,6H2,1-5H3,(H2,14,16)/t8?,12-/m0/s1. The van der Waals surface area contributed by atoms with Crippen molar-refractivity contribution in [2.24, 2.45) is 17.1 Å². The van der Waals surface area contributed by atoms with E-state index in [1.807, 2.05) is 34.6 Å². The summed E-state index contributed by atoms with van der Waals surface area (Å²) >= 11 is 5.89. The number of aliphatic hydroxyl groups is 1. The van der Waals surface area contributed by atoms with Gasteiger partial charge in [0.15, 0.2) is 5.22 Å². The lowest BCUT2D eigenvalue weighted by atomic mass is 9.69. The number of carbonyl (C=O) groups excluding carboxylic acids is 2. The third-order valence-electron chi connectivity index (χ3n) is 3.72. The summed E-state index contributed by atoms with van der Waals surface area (Å²) in [6.45, 7) is 9.30. The van der Waals surface area contributed by atoms with Crippen LogP contribution in [0.5, 0.6) is 0 Å². The van der Waals surface area contributed by atoms with Gasteiger partial charge in [0.2, 0.25) is 14.7 Å². The van der Waals surface area contributed by atoms with Crippen molar-refractivity contribution >= 4 is 31.7 Å². The molecular formula is C12H21ClN2O3Si. The fourth-order valence-electron chi connectivity index (χ4n) is 3.47. The molecule has 7 heteroatoms. The highest BCUT2D eigenvalue weighted by molar-refractivity contribution is 6.97. The molecule has 1 aliphatic rings.